The van der Waals surface area contributed by atoms with Crippen LogP contribution in [0.15, 0.2) is 60.7 Å². The molecule has 1 atom stereocenters. The van der Waals surface area contributed by atoms with Gasteiger partial charge in [0.1, 0.15) is 12.4 Å². The normalized spacial score (nSPS) is 13.0. The number of anilines is 1. The SMILES string of the molecule is CCOC(Cc1ccc(OCCN(CCCc2cc(Cl)cc(Cl)c2)C(=O)Nc2ccc3c(c2)CCC3)cc1)C(=O)O. The molecule has 218 valence electrons. The van der Waals surface area contributed by atoms with Crippen molar-refractivity contribution >= 4 is 40.9 Å². The molecule has 3 aromatic rings. The molecular weight excluding hydrogens is 563 g/mol. The molecule has 0 heterocycles. The Balaban J connectivity index is 1.35. The molecule has 1 aliphatic rings. The first kappa shape index (κ1) is 30.7. The number of carbonyl (C=O) groups is 2. The third kappa shape index (κ3) is 9.38. The van der Waals surface area contributed by atoms with Crippen LogP contribution >= 0.6 is 23.2 Å². The summed E-state index contributed by atoms with van der Waals surface area (Å²) in [6.45, 7) is 3.32. The Hall–Kier alpha value is -3.26. The molecule has 0 saturated heterocycles. The Morgan fingerprint density at radius 1 is 0.951 bits per heavy atom. The summed E-state index contributed by atoms with van der Waals surface area (Å²) in [6.07, 6.45) is 4.13. The zero-order valence-electron chi connectivity index (χ0n) is 23.2. The van der Waals surface area contributed by atoms with Gasteiger partial charge in [0.15, 0.2) is 6.10 Å². The number of ether oxygens (including phenoxy) is 2. The molecular formula is C32H36Cl2N2O5. The number of aryl methyl sites for hydroxylation is 3. The average Bonchev–Trinajstić information content (AvgIpc) is 3.40. The van der Waals surface area contributed by atoms with Crippen molar-refractivity contribution in [3.05, 3.63) is 93.0 Å². The van der Waals surface area contributed by atoms with Gasteiger partial charge in [-0.15, -0.1) is 0 Å². The van der Waals surface area contributed by atoms with E-state index in [0.717, 1.165) is 48.9 Å². The van der Waals surface area contributed by atoms with E-state index in [-0.39, 0.29) is 12.5 Å². The van der Waals surface area contributed by atoms with Gasteiger partial charge in [0.25, 0.3) is 0 Å². The highest BCUT2D eigenvalue weighted by Gasteiger charge is 2.19. The summed E-state index contributed by atoms with van der Waals surface area (Å²) in [6, 6.07) is 18.7. The van der Waals surface area contributed by atoms with Crippen LogP contribution in [-0.2, 0) is 35.2 Å². The van der Waals surface area contributed by atoms with Crippen LogP contribution in [0.2, 0.25) is 10.0 Å². The first-order valence-corrected chi connectivity index (χ1v) is 14.7. The summed E-state index contributed by atoms with van der Waals surface area (Å²) in [7, 11) is 0. The van der Waals surface area contributed by atoms with Gasteiger partial charge < -0.3 is 24.8 Å². The molecule has 0 saturated carbocycles. The van der Waals surface area contributed by atoms with Gasteiger partial charge in [0.05, 0.1) is 6.54 Å². The summed E-state index contributed by atoms with van der Waals surface area (Å²) < 4.78 is 11.2. The second kappa shape index (κ2) is 15.1. The molecule has 0 fully saturated rings. The Labute approximate surface area is 251 Å². The highest BCUT2D eigenvalue weighted by atomic mass is 35.5. The highest BCUT2D eigenvalue weighted by molar-refractivity contribution is 6.34. The molecule has 1 aliphatic carbocycles. The number of aliphatic carboxylic acids is 1. The summed E-state index contributed by atoms with van der Waals surface area (Å²) >= 11 is 12.3. The first-order chi connectivity index (χ1) is 19.8. The average molecular weight is 600 g/mol. The lowest BCUT2D eigenvalue weighted by Gasteiger charge is -2.23. The fourth-order valence-corrected chi connectivity index (χ4v) is 5.60. The van der Waals surface area contributed by atoms with Gasteiger partial charge in [-0.3, -0.25) is 0 Å². The quantitative estimate of drug-likeness (QED) is 0.207. The molecule has 0 aliphatic heterocycles. The van der Waals surface area contributed by atoms with E-state index in [1.54, 1.807) is 30.0 Å². The summed E-state index contributed by atoms with van der Waals surface area (Å²) in [5.74, 6) is -0.339. The van der Waals surface area contributed by atoms with E-state index in [1.807, 2.05) is 30.3 Å². The number of fused-ring (bicyclic) bond motifs is 1. The number of benzene rings is 3. The number of nitrogens with zero attached hydrogens (tertiary/aromatic N) is 1. The summed E-state index contributed by atoms with van der Waals surface area (Å²) in [5.41, 5.74) is 5.32. The van der Waals surface area contributed by atoms with E-state index in [1.165, 1.54) is 11.1 Å². The predicted molar refractivity (Wildman–Crippen MR) is 163 cm³/mol. The lowest BCUT2D eigenvalue weighted by Crippen LogP contribution is -2.38. The van der Waals surface area contributed by atoms with Crippen molar-refractivity contribution in [3.8, 4) is 5.75 Å². The Kier molecular flexibility index (Phi) is 11.3. The fourth-order valence-electron chi connectivity index (χ4n) is 5.02. The minimum absolute atomic E-state index is 0.179. The van der Waals surface area contributed by atoms with E-state index >= 15 is 0 Å². The summed E-state index contributed by atoms with van der Waals surface area (Å²) in [4.78, 5) is 26.4. The zero-order valence-corrected chi connectivity index (χ0v) is 24.7. The van der Waals surface area contributed by atoms with Gasteiger partial charge >= 0.3 is 12.0 Å². The number of halogens is 2. The van der Waals surface area contributed by atoms with Crippen molar-refractivity contribution in [1.82, 2.24) is 4.90 Å². The monoisotopic (exact) mass is 598 g/mol. The van der Waals surface area contributed by atoms with E-state index in [9.17, 15) is 14.7 Å². The molecule has 2 amide bonds. The molecule has 0 radical (unpaired) electrons. The van der Waals surface area contributed by atoms with Crippen molar-refractivity contribution in [2.75, 3.05) is 31.6 Å². The molecule has 1 unspecified atom stereocenters. The Morgan fingerprint density at radius 3 is 2.39 bits per heavy atom. The van der Waals surface area contributed by atoms with E-state index in [2.05, 4.69) is 17.4 Å². The number of carboxylic acids is 1. The maximum absolute atomic E-state index is 13.3. The Morgan fingerprint density at radius 2 is 1.68 bits per heavy atom. The second-order valence-corrected chi connectivity index (χ2v) is 11.0. The van der Waals surface area contributed by atoms with Gasteiger partial charge in [-0.05, 0) is 104 Å². The molecule has 0 bridgehead atoms. The number of nitrogens with one attached hydrogen (secondary N) is 1. The van der Waals surface area contributed by atoms with Gasteiger partial charge in [0, 0.05) is 35.3 Å². The fraction of sp³-hybridized carbons (Fsp3) is 0.375. The van der Waals surface area contributed by atoms with Crippen LogP contribution in [-0.4, -0.2) is 54.4 Å². The van der Waals surface area contributed by atoms with Gasteiger partial charge in [-0.2, -0.15) is 0 Å². The number of carboxylic acid groups (broad SMARTS) is 1. The van der Waals surface area contributed by atoms with Crippen molar-refractivity contribution in [2.45, 2.75) is 51.6 Å². The van der Waals surface area contributed by atoms with Crippen LogP contribution in [0.25, 0.3) is 0 Å². The number of hydrogen-bond acceptors (Lipinski definition) is 4. The Bertz CT molecular complexity index is 1310. The van der Waals surface area contributed by atoms with Crippen LogP contribution in [0.5, 0.6) is 5.75 Å². The van der Waals surface area contributed by atoms with Gasteiger partial charge in [0.2, 0.25) is 0 Å². The number of rotatable bonds is 14. The van der Waals surface area contributed by atoms with Crippen LogP contribution in [0.3, 0.4) is 0 Å². The molecule has 0 aromatic heterocycles. The van der Waals surface area contributed by atoms with Crippen molar-refractivity contribution in [3.63, 3.8) is 0 Å². The molecule has 41 heavy (non-hydrogen) atoms. The minimum Gasteiger partial charge on any atom is -0.492 e. The van der Waals surface area contributed by atoms with Crippen molar-refractivity contribution in [1.29, 1.82) is 0 Å². The standard InChI is InChI=1S/C32H36Cl2N2O5/c1-2-40-30(31(37)38)19-22-8-12-29(13-9-22)41-16-15-36(14-4-5-23-17-26(33)21-27(34)18-23)32(39)35-28-11-10-24-6-3-7-25(24)20-28/h8-13,17-18,20-21,30H,2-7,14-16,19H2,1H3,(H,35,39)(H,37,38). The topological polar surface area (TPSA) is 88.1 Å². The van der Waals surface area contributed by atoms with Crippen molar-refractivity contribution < 1.29 is 24.2 Å². The molecule has 9 heteroatoms. The minimum atomic E-state index is -0.983. The zero-order chi connectivity index (χ0) is 29.2. The smallest absolute Gasteiger partial charge is 0.333 e. The molecule has 4 rings (SSSR count). The lowest BCUT2D eigenvalue weighted by molar-refractivity contribution is -0.149. The van der Waals surface area contributed by atoms with E-state index in [4.69, 9.17) is 32.7 Å². The first-order valence-electron chi connectivity index (χ1n) is 14.0. The van der Waals surface area contributed by atoms with Crippen LogP contribution in [0.4, 0.5) is 10.5 Å². The largest absolute Gasteiger partial charge is 0.492 e. The van der Waals surface area contributed by atoms with Gasteiger partial charge in [-0.25, -0.2) is 9.59 Å². The number of amides is 2. The second-order valence-electron chi connectivity index (χ2n) is 10.1. The molecule has 0 spiro atoms. The summed E-state index contributed by atoms with van der Waals surface area (Å²) in [5, 5.41) is 13.6. The number of carbonyl (C=O) groups excluding carboxylic acids is 1. The highest BCUT2D eigenvalue weighted by Crippen LogP contribution is 2.25. The van der Waals surface area contributed by atoms with Crippen LogP contribution < -0.4 is 10.1 Å². The van der Waals surface area contributed by atoms with Crippen LogP contribution in [0, 0.1) is 0 Å². The third-order valence-corrected chi connectivity index (χ3v) is 7.51. The third-order valence-electron chi connectivity index (χ3n) is 7.07. The lowest BCUT2D eigenvalue weighted by atomic mass is 10.1. The number of hydrogen-bond donors (Lipinski definition) is 2. The molecule has 2 N–H and O–H groups in total. The van der Waals surface area contributed by atoms with Gasteiger partial charge in [-0.1, -0.05) is 41.4 Å². The van der Waals surface area contributed by atoms with E-state index in [0.29, 0.717) is 42.1 Å². The molecule has 7 nitrogen and oxygen atoms in total. The molecule has 3 aromatic carbocycles. The number of urea groups is 1. The predicted octanol–water partition coefficient (Wildman–Crippen LogP) is 7.06. The van der Waals surface area contributed by atoms with Crippen LogP contribution in [0.1, 0.15) is 42.0 Å². The van der Waals surface area contributed by atoms with Crippen molar-refractivity contribution in [2.24, 2.45) is 0 Å². The maximum Gasteiger partial charge on any atom is 0.333 e. The van der Waals surface area contributed by atoms with E-state index < -0.39 is 12.1 Å². The maximum atomic E-state index is 13.3.